The highest BCUT2D eigenvalue weighted by molar-refractivity contribution is 9.10. The van der Waals surface area contributed by atoms with E-state index >= 15 is 0 Å². The van der Waals surface area contributed by atoms with E-state index in [1.54, 1.807) is 6.33 Å². The Balaban J connectivity index is 1.91. The molecule has 1 aliphatic rings. The maximum atomic E-state index is 4.31. The molecule has 1 aromatic heterocycles. The van der Waals surface area contributed by atoms with Gasteiger partial charge in [-0.1, -0.05) is 13.3 Å². The first-order valence-corrected chi connectivity index (χ1v) is 8.75. The summed E-state index contributed by atoms with van der Waals surface area (Å²) in [4.78, 5) is 8.57. The summed E-state index contributed by atoms with van der Waals surface area (Å²) in [6, 6.07) is 0. The quantitative estimate of drug-likeness (QED) is 0.822. The second-order valence-electron chi connectivity index (χ2n) is 4.68. The monoisotopic (exact) mass is 344 g/mol. The highest BCUT2D eigenvalue weighted by Crippen LogP contribution is 2.29. The topological polar surface area (TPSA) is 49.8 Å². The van der Waals surface area contributed by atoms with Crippen molar-refractivity contribution < 1.29 is 0 Å². The summed E-state index contributed by atoms with van der Waals surface area (Å²) in [7, 11) is 0. The van der Waals surface area contributed by atoms with E-state index in [-0.39, 0.29) is 0 Å². The summed E-state index contributed by atoms with van der Waals surface area (Å²) in [5.41, 5.74) is 0. The van der Waals surface area contributed by atoms with Gasteiger partial charge in [-0.3, -0.25) is 0 Å². The molecule has 6 heteroatoms. The van der Waals surface area contributed by atoms with Crippen LogP contribution in [0.5, 0.6) is 0 Å². The molecule has 2 rings (SSSR count). The second-order valence-corrected chi connectivity index (χ2v) is 6.88. The molecule has 1 aliphatic heterocycles. The molecule has 2 heterocycles. The van der Waals surface area contributed by atoms with Gasteiger partial charge in [0, 0.05) is 18.3 Å². The van der Waals surface area contributed by atoms with E-state index in [9.17, 15) is 0 Å². The molecule has 1 atom stereocenters. The van der Waals surface area contributed by atoms with Gasteiger partial charge in [0.1, 0.15) is 22.4 Å². The van der Waals surface area contributed by atoms with Gasteiger partial charge in [-0.2, -0.15) is 11.8 Å². The molecule has 0 bridgehead atoms. The third kappa shape index (κ3) is 4.53. The number of thioether (sulfide) groups is 1. The molecule has 19 heavy (non-hydrogen) atoms. The number of hydrogen-bond donors (Lipinski definition) is 2. The summed E-state index contributed by atoms with van der Waals surface area (Å²) in [6.45, 7) is 4.04. The van der Waals surface area contributed by atoms with Gasteiger partial charge in [-0.05, 0) is 40.9 Å². The van der Waals surface area contributed by atoms with Gasteiger partial charge in [0.05, 0.1) is 0 Å². The highest BCUT2D eigenvalue weighted by atomic mass is 79.9. The van der Waals surface area contributed by atoms with Crippen molar-refractivity contribution in [1.29, 1.82) is 0 Å². The molecular weight excluding hydrogens is 324 g/mol. The van der Waals surface area contributed by atoms with Gasteiger partial charge in [0.2, 0.25) is 0 Å². The van der Waals surface area contributed by atoms with Crippen molar-refractivity contribution in [1.82, 2.24) is 9.97 Å². The lowest BCUT2D eigenvalue weighted by Crippen LogP contribution is -2.21. The van der Waals surface area contributed by atoms with Gasteiger partial charge in [-0.25, -0.2) is 9.97 Å². The van der Waals surface area contributed by atoms with E-state index in [1.807, 2.05) is 0 Å². The Morgan fingerprint density at radius 2 is 2.11 bits per heavy atom. The minimum atomic E-state index is 0.711. The van der Waals surface area contributed by atoms with E-state index in [2.05, 4.69) is 55.2 Å². The molecule has 0 saturated carbocycles. The average molecular weight is 345 g/mol. The van der Waals surface area contributed by atoms with Gasteiger partial charge in [0.15, 0.2) is 0 Å². The molecule has 1 unspecified atom stereocenters. The summed E-state index contributed by atoms with van der Waals surface area (Å²) in [5.74, 6) is 3.05. The zero-order valence-electron chi connectivity index (χ0n) is 11.3. The number of aromatic nitrogens is 2. The molecule has 2 N–H and O–H groups in total. The minimum absolute atomic E-state index is 0.711. The number of rotatable bonds is 6. The van der Waals surface area contributed by atoms with Crippen LogP contribution in [0.2, 0.25) is 0 Å². The van der Waals surface area contributed by atoms with Crippen LogP contribution in [0.3, 0.4) is 0 Å². The Labute approximate surface area is 127 Å². The summed E-state index contributed by atoms with van der Waals surface area (Å²) < 4.78 is 0.934. The van der Waals surface area contributed by atoms with Gasteiger partial charge in [0.25, 0.3) is 0 Å². The first-order valence-electron chi connectivity index (χ1n) is 6.91. The number of nitrogens with zero attached hydrogens (tertiary/aromatic N) is 2. The van der Waals surface area contributed by atoms with Crippen molar-refractivity contribution >= 4 is 39.3 Å². The number of hydrogen-bond acceptors (Lipinski definition) is 5. The summed E-state index contributed by atoms with van der Waals surface area (Å²) in [5, 5.41) is 7.45. The Kier molecular flexibility index (Phi) is 6.23. The van der Waals surface area contributed by atoms with Crippen LogP contribution < -0.4 is 10.6 Å². The Morgan fingerprint density at radius 1 is 1.32 bits per heavy atom. The number of nitrogens with one attached hydrogen (secondary N) is 2. The Bertz CT molecular complexity index is 396. The minimum Gasteiger partial charge on any atom is -0.369 e. The van der Waals surface area contributed by atoms with Crippen LogP contribution in [0.4, 0.5) is 11.6 Å². The van der Waals surface area contributed by atoms with E-state index in [0.717, 1.165) is 35.6 Å². The van der Waals surface area contributed by atoms with E-state index in [0.29, 0.717) is 5.25 Å². The van der Waals surface area contributed by atoms with Crippen LogP contribution >= 0.6 is 27.7 Å². The van der Waals surface area contributed by atoms with E-state index in [4.69, 9.17) is 0 Å². The SMILES string of the molecule is CCCNc1ncnc(NCC2CCCCS2)c1Br. The third-order valence-electron chi connectivity index (χ3n) is 3.10. The number of anilines is 2. The zero-order valence-corrected chi connectivity index (χ0v) is 13.7. The molecule has 0 amide bonds. The Morgan fingerprint density at radius 3 is 2.79 bits per heavy atom. The molecular formula is C13H21BrN4S. The Hall–Kier alpha value is -0.490. The molecule has 106 valence electrons. The second kappa shape index (κ2) is 7.94. The molecule has 0 radical (unpaired) electrons. The van der Waals surface area contributed by atoms with E-state index < -0.39 is 0 Å². The first kappa shape index (κ1) is 14.9. The highest BCUT2D eigenvalue weighted by Gasteiger charge is 2.15. The predicted octanol–water partition coefficient (Wildman–Crippen LogP) is 3.76. The van der Waals surface area contributed by atoms with Crippen LogP contribution in [0, 0.1) is 0 Å². The largest absolute Gasteiger partial charge is 0.369 e. The molecule has 0 spiro atoms. The van der Waals surface area contributed by atoms with Gasteiger partial charge < -0.3 is 10.6 Å². The zero-order chi connectivity index (χ0) is 13.5. The molecule has 1 fully saturated rings. The van der Waals surface area contributed by atoms with Crippen molar-refractivity contribution in [2.45, 2.75) is 37.9 Å². The lowest BCUT2D eigenvalue weighted by molar-refractivity contribution is 0.677. The lowest BCUT2D eigenvalue weighted by atomic mass is 10.2. The van der Waals surface area contributed by atoms with Gasteiger partial charge >= 0.3 is 0 Å². The van der Waals surface area contributed by atoms with Crippen molar-refractivity contribution in [3.63, 3.8) is 0 Å². The maximum Gasteiger partial charge on any atom is 0.145 e. The fourth-order valence-corrected chi connectivity index (χ4v) is 3.76. The van der Waals surface area contributed by atoms with Crippen molar-refractivity contribution in [3.8, 4) is 0 Å². The molecule has 1 aromatic rings. The van der Waals surface area contributed by atoms with Crippen LogP contribution in [0.15, 0.2) is 10.8 Å². The van der Waals surface area contributed by atoms with Crippen LogP contribution in [-0.4, -0.2) is 34.1 Å². The molecule has 0 aliphatic carbocycles. The van der Waals surface area contributed by atoms with Crippen LogP contribution in [-0.2, 0) is 0 Å². The van der Waals surface area contributed by atoms with Crippen molar-refractivity contribution in [2.24, 2.45) is 0 Å². The maximum absolute atomic E-state index is 4.31. The summed E-state index contributed by atoms with van der Waals surface area (Å²) in [6.07, 6.45) is 6.72. The fraction of sp³-hybridized carbons (Fsp3) is 0.692. The normalized spacial score (nSPS) is 19.2. The van der Waals surface area contributed by atoms with Gasteiger partial charge in [-0.15, -0.1) is 0 Å². The third-order valence-corrected chi connectivity index (χ3v) is 5.25. The predicted molar refractivity (Wildman–Crippen MR) is 87.1 cm³/mol. The summed E-state index contributed by atoms with van der Waals surface area (Å²) >= 11 is 5.65. The van der Waals surface area contributed by atoms with Crippen LogP contribution in [0.25, 0.3) is 0 Å². The number of halogens is 1. The first-order chi connectivity index (χ1) is 9.31. The fourth-order valence-electron chi connectivity index (χ4n) is 2.04. The van der Waals surface area contributed by atoms with Crippen molar-refractivity contribution in [2.75, 3.05) is 29.5 Å². The van der Waals surface area contributed by atoms with Crippen molar-refractivity contribution in [3.05, 3.63) is 10.8 Å². The smallest absolute Gasteiger partial charge is 0.145 e. The molecule has 0 aromatic carbocycles. The standard InChI is InChI=1S/C13H21BrN4S/c1-2-6-15-12-11(14)13(18-9-17-12)16-8-10-5-3-4-7-19-10/h9-10H,2-8H2,1H3,(H2,15,16,17,18). The van der Waals surface area contributed by atoms with Crippen LogP contribution in [0.1, 0.15) is 32.6 Å². The lowest BCUT2D eigenvalue weighted by Gasteiger charge is -2.22. The average Bonchev–Trinajstić information content (AvgIpc) is 2.46. The van der Waals surface area contributed by atoms with E-state index in [1.165, 1.54) is 25.0 Å². The molecule has 1 saturated heterocycles. The molecule has 4 nitrogen and oxygen atoms in total.